The lowest BCUT2D eigenvalue weighted by atomic mass is 10.1. The molecule has 3 heterocycles. The second-order valence-electron chi connectivity index (χ2n) is 4.95. The Kier molecular flexibility index (Phi) is 3.73. The van der Waals surface area contributed by atoms with Crippen LogP contribution in [0.15, 0.2) is 22.9 Å². The summed E-state index contributed by atoms with van der Waals surface area (Å²) in [5, 5.41) is 10.8. The van der Waals surface area contributed by atoms with Crippen molar-refractivity contribution in [2.45, 2.75) is 25.2 Å². The molecule has 1 aliphatic heterocycles. The summed E-state index contributed by atoms with van der Waals surface area (Å²) in [6.45, 7) is 1.54. The lowest BCUT2D eigenvalue weighted by Gasteiger charge is -2.15. The number of halogens is 1. The van der Waals surface area contributed by atoms with Crippen LogP contribution in [0.3, 0.4) is 0 Å². The van der Waals surface area contributed by atoms with Gasteiger partial charge in [0.05, 0.1) is 0 Å². The number of nitrogens with zero attached hydrogens (tertiary/aromatic N) is 3. The molecule has 1 N–H and O–H groups in total. The zero-order valence-corrected chi connectivity index (χ0v) is 11.6. The first kappa shape index (κ1) is 13.2. The first-order valence-corrected chi connectivity index (χ1v) is 6.98. The smallest absolute Gasteiger partial charge is 0.223 e. The zero-order chi connectivity index (χ0) is 13.9. The number of H-pyrrole nitrogens is 1. The molecule has 3 rings (SSSR count). The van der Waals surface area contributed by atoms with Crippen molar-refractivity contribution in [1.29, 1.82) is 0 Å². The van der Waals surface area contributed by atoms with E-state index in [1.54, 1.807) is 12.3 Å². The van der Waals surface area contributed by atoms with Gasteiger partial charge >= 0.3 is 0 Å². The molecule has 1 amide bonds. The van der Waals surface area contributed by atoms with Gasteiger partial charge in [0.1, 0.15) is 5.76 Å². The van der Waals surface area contributed by atoms with Crippen molar-refractivity contribution in [3.8, 4) is 0 Å². The summed E-state index contributed by atoms with van der Waals surface area (Å²) in [6.07, 6.45) is 3.67. The summed E-state index contributed by atoms with van der Waals surface area (Å²) < 4.78 is 4.99. The highest BCUT2D eigenvalue weighted by Crippen LogP contribution is 2.26. The number of hydrogen-bond donors (Lipinski definition) is 1. The first-order valence-electron chi connectivity index (χ1n) is 6.60. The minimum absolute atomic E-state index is 0.138. The summed E-state index contributed by atoms with van der Waals surface area (Å²) in [7, 11) is 0. The second kappa shape index (κ2) is 5.66. The van der Waals surface area contributed by atoms with Crippen LogP contribution in [0.25, 0.3) is 0 Å². The fourth-order valence-electron chi connectivity index (χ4n) is 2.53. The zero-order valence-electron chi connectivity index (χ0n) is 10.9. The molecule has 6 nitrogen and oxygen atoms in total. The molecule has 0 spiro atoms. The molecule has 1 atom stereocenters. The number of likely N-dealkylation sites (tertiary alicyclic amines) is 1. The molecule has 0 bridgehead atoms. The standard InChI is InChI=1S/C13H15ClN4O2/c14-12-7-10(20-17-12)1-2-13(19)18-6-4-9(8-18)11-3-5-15-16-11/h3,5,7,9H,1-2,4,6,8H2,(H,15,16)/t9-/m1/s1. The third-order valence-electron chi connectivity index (χ3n) is 3.62. The van der Waals surface area contributed by atoms with Crippen LogP contribution in [0.1, 0.15) is 30.2 Å². The molecule has 0 aliphatic carbocycles. The van der Waals surface area contributed by atoms with Crippen molar-refractivity contribution in [3.63, 3.8) is 0 Å². The predicted molar refractivity (Wildman–Crippen MR) is 72.4 cm³/mol. The van der Waals surface area contributed by atoms with E-state index in [0.29, 0.717) is 29.7 Å². The largest absolute Gasteiger partial charge is 0.360 e. The molecule has 2 aromatic heterocycles. The molecule has 0 unspecified atom stereocenters. The normalized spacial score (nSPS) is 18.6. The van der Waals surface area contributed by atoms with E-state index in [0.717, 1.165) is 25.2 Å². The number of aromatic nitrogens is 3. The van der Waals surface area contributed by atoms with Crippen LogP contribution < -0.4 is 0 Å². The molecular formula is C13H15ClN4O2. The van der Waals surface area contributed by atoms with Gasteiger partial charge in [0.15, 0.2) is 5.15 Å². The number of rotatable bonds is 4. The van der Waals surface area contributed by atoms with Crippen molar-refractivity contribution < 1.29 is 9.32 Å². The number of amides is 1. The summed E-state index contributed by atoms with van der Waals surface area (Å²) in [6, 6.07) is 3.61. The van der Waals surface area contributed by atoms with Crippen LogP contribution in [0, 0.1) is 0 Å². The van der Waals surface area contributed by atoms with Gasteiger partial charge in [-0.25, -0.2) is 0 Å². The Hall–Kier alpha value is -1.82. The van der Waals surface area contributed by atoms with E-state index in [1.165, 1.54) is 0 Å². The predicted octanol–water partition coefficient (Wildman–Crippen LogP) is 2.00. The van der Waals surface area contributed by atoms with E-state index in [-0.39, 0.29) is 5.91 Å². The van der Waals surface area contributed by atoms with Gasteiger partial charge in [-0.2, -0.15) is 5.10 Å². The number of hydrogen-bond acceptors (Lipinski definition) is 4. The van der Waals surface area contributed by atoms with Gasteiger partial charge in [0.25, 0.3) is 0 Å². The Morgan fingerprint density at radius 2 is 2.50 bits per heavy atom. The van der Waals surface area contributed by atoms with Gasteiger partial charge in [-0.05, 0) is 12.5 Å². The number of aromatic amines is 1. The van der Waals surface area contributed by atoms with Crippen molar-refractivity contribution in [3.05, 3.63) is 34.9 Å². The maximum Gasteiger partial charge on any atom is 0.223 e. The Balaban J connectivity index is 1.51. The average molecular weight is 295 g/mol. The van der Waals surface area contributed by atoms with E-state index in [9.17, 15) is 4.79 Å². The van der Waals surface area contributed by atoms with E-state index >= 15 is 0 Å². The van der Waals surface area contributed by atoms with E-state index in [4.69, 9.17) is 16.1 Å². The highest BCUT2D eigenvalue weighted by Gasteiger charge is 2.27. The van der Waals surface area contributed by atoms with Crippen LogP contribution in [0.5, 0.6) is 0 Å². The van der Waals surface area contributed by atoms with Gasteiger partial charge in [-0.1, -0.05) is 16.8 Å². The van der Waals surface area contributed by atoms with Crippen LogP contribution in [-0.2, 0) is 11.2 Å². The second-order valence-corrected chi connectivity index (χ2v) is 5.34. The number of carbonyl (C=O) groups is 1. The molecule has 20 heavy (non-hydrogen) atoms. The fraction of sp³-hybridized carbons (Fsp3) is 0.462. The molecule has 1 aliphatic rings. The van der Waals surface area contributed by atoms with E-state index in [1.807, 2.05) is 11.0 Å². The molecule has 1 fully saturated rings. The van der Waals surface area contributed by atoms with E-state index in [2.05, 4.69) is 15.4 Å². The molecule has 0 aromatic carbocycles. The van der Waals surface area contributed by atoms with Gasteiger partial charge in [-0.3, -0.25) is 9.89 Å². The topological polar surface area (TPSA) is 75.0 Å². The maximum atomic E-state index is 12.1. The lowest BCUT2D eigenvalue weighted by molar-refractivity contribution is -0.130. The number of nitrogens with one attached hydrogen (secondary N) is 1. The Morgan fingerprint density at radius 3 is 3.20 bits per heavy atom. The van der Waals surface area contributed by atoms with Crippen molar-refractivity contribution in [2.24, 2.45) is 0 Å². The molecule has 1 saturated heterocycles. The number of carbonyl (C=O) groups excluding carboxylic acids is 1. The average Bonchev–Trinajstić information content (AvgIpc) is 3.16. The minimum atomic E-state index is 0.138. The SMILES string of the molecule is O=C(CCc1cc(Cl)no1)N1CC[C@@H](c2ccn[nH]2)C1. The van der Waals surface area contributed by atoms with Crippen molar-refractivity contribution in [1.82, 2.24) is 20.3 Å². The third-order valence-corrected chi connectivity index (χ3v) is 3.80. The molecule has 0 radical (unpaired) electrons. The summed E-state index contributed by atoms with van der Waals surface area (Å²) >= 11 is 5.67. The molecule has 106 valence electrons. The van der Waals surface area contributed by atoms with Crippen LogP contribution in [-0.4, -0.2) is 39.3 Å². The Morgan fingerprint density at radius 1 is 1.60 bits per heavy atom. The molecular weight excluding hydrogens is 280 g/mol. The monoisotopic (exact) mass is 294 g/mol. The lowest BCUT2D eigenvalue weighted by Crippen LogP contribution is -2.28. The highest BCUT2D eigenvalue weighted by molar-refractivity contribution is 6.29. The molecule has 7 heteroatoms. The highest BCUT2D eigenvalue weighted by atomic mass is 35.5. The van der Waals surface area contributed by atoms with Gasteiger partial charge in [0, 0.05) is 49.8 Å². The summed E-state index contributed by atoms with van der Waals surface area (Å²) in [4.78, 5) is 14.0. The molecule has 2 aromatic rings. The van der Waals surface area contributed by atoms with Crippen LogP contribution >= 0.6 is 11.6 Å². The van der Waals surface area contributed by atoms with Crippen molar-refractivity contribution >= 4 is 17.5 Å². The van der Waals surface area contributed by atoms with Crippen molar-refractivity contribution in [2.75, 3.05) is 13.1 Å². The summed E-state index contributed by atoms with van der Waals surface area (Å²) in [5.41, 5.74) is 1.10. The fourth-order valence-corrected chi connectivity index (χ4v) is 2.68. The number of aryl methyl sites for hydroxylation is 1. The quantitative estimate of drug-likeness (QED) is 0.936. The van der Waals surface area contributed by atoms with Crippen LogP contribution in [0.4, 0.5) is 0 Å². The van der Waals surface area contributed by atoms with Gasteiger partial charge in [0.2, 0.25) is 5.91 Å². The molecule has 0 saturated carbocycles. The van der Waals surface area contributed by atoms with Gasteiger partial charge < -0.3 is 9.42 Å². The maximum absolute atomic E-state index is 12.1. The van der Waals surface area contributed by atoms with Gasteiger partial charge in [-0.15, -0.1) is 0 Å². The van der Waals surface area contributed by atoms with E-state index < -0.39 is 0 Å². The first-order chi connectivity index (χ1) is 9.72. The summed E-state index contributed by atoms with van der Waals surface area (Å²) in [5.74, 6) is 1.15. The third kappa shape index (κ3) is 2.85. The Bertz CT molecular complexity index is 581. The van der Waals surface area contributed by atoms with Crippen LogP contribution in [0.2, 0.25) is 5.15 Å². The Labute approximate surface area is 121 Å². The minimum Gasteiger partial charge on any atom is -0.360 e.